The quantitative estimate of drug-likeness (QED) is 0.674. The van der Waals surface area contributed by atoms with Gasteiger partial charge in [0.05, 0.1) is 5.69 Å². The Morgan fingerprint density at radius 3 is 2.26 bits per heavy atom. The fourth-order valence-corrected chi connectivity index (χ4v) is 2.57. The first-order valence-corrected chi connectivity index (χ1v) is 8.09. The van der Waals surface area contributed by atoms with E-state index in [1.54, 1.807) is 0 Å². The molecule has 110 valence electrons. The van der Waals surface area contributed by atoms with Crippen LogP contribution in [0.25, 0.3) is 0 Å². The van der Waals surface area contributed by atoms with Gasteiger partial charge in [0.1, 0.15) is 5.82 Å². The first-order valence-electron chi connectivity index (χ1n) is 8.09. The molecule has 19 heavy (non-hydrogen) atoms. The van der Waals surface area contributed by atoms with Crippen molar-refractivity contribution in [3.63, 3.8) is 0 Å². The number of nitrogens with one attached hydrogen (secondary N) is 1. The van der Waals surface area contributed by atoms with Crippen molar-refractivity contribution >= 4 is 0 Å². The third-order valence-electron chi connectivity index (χ3n) is 4.35. The van der Waals surface area contributed by atoms with Crippen LogP contribution >= 0.6 is 0 Å². The smallest absolute Gasteiger partial charge is 0.112 e. The molecule has 0 saturated heterocycles. The van der Waals surface area contributed by atoms with Gasteiger partial charge in [-0.3, -0.25) is 0 Å². The Balaban J connectivity index is 3.13. The Hall–Kier alpha value is -0.790. The number of nitrogens with zero attached hydrogens (tertiary/aromatic N) is 1. The monoisotopic (exact) mass is 264 g/mol. The minimum absolute atomic E-state index is 0.158. The Bertz CT molecular complexity index is 377. The van der Waals surface area contributed by atoms with Crippen molar-refractivity contribution in [3.8, 4) is 0 Å². The maximum absolute atomic E-state index is 5.01. The van der Waals surface area contributed by atoms with Gasteiger partial charge in [-0.1, -0.05) is 54.4 Å². The van der Waals surface area contributed by atoms with Gasteiger partial charge in [-0.2, -0.15) is 0 Å². The molecule has 1 heterocycles. The Kier molecular flexibility index (Phi) is 6.09. The second kappa shape index (κ2) is 7.12. The predicted molar refractivity (Wildman–Crippen MR) is 83.8 cm³/mol. The second-order valence-electron chi connectivity index (χ2n) is 6.33. The predicted octanol–water partition coefficient (Wildman–Crippen LogP) is 5.34. The van der Waals surface area contributed by atoms with Crippen LogP contribution in [0.15, 0.2) is 0 Å². The molecule has 2 nitrogen and oxygen atoms in total. The van der Waals surface area contributed by atoms with E-state index in [0.717, 1.165) is 12.8 Å². The highest BCUT2D eigenvalue weighted by molar-refractivity contribution is 5.22. The maximum Gasteiger partial charge on any atom is 0.112 e. The first kappa shape index (κ1) is 16.3. The number of aromatic nitrogens is 2. The van der Waals surface area contributed by atoms with E-state index in [-0.39, 0.29) is 5.41 Å². The molecule has 0 fully saturated rings. The van der Waals surface area contributed by atoms with Crippen molar-refractivity contribution < 1.29 is 0 Å². The van der Waals surface area contributed by atoms with E-state index < -0.39 is 0 Å². The van der Waals surface area contributed by atoms with Gasteiger partial charge in [0, 0.05) is 17.0 Å². The van der Waals surface area contributed by atoms with E-state index in [4.69, 9.17) is 4.98 Å². The van der Waals surface area contributed by atoms with Gasteiger partial charge >= 0.3 is 0 Å². The summed E-state index contributed by atoms with van der Waals surface area (Å²) in [5, 5.41) is 0. The molecule has 0 aromatic carbocycles. The van der Waals surface area contributed by atoms with Gasteiger partial charge in [0.15, 0.2) is 0 Å². The van der Waals surface area contributed by atoms with Gasteiger partial charge < -0.3 is 4.98 Å². The van der Waals surface area contributed by atoms with E-state index in [2.05, 4.69) is 46.5 Å². The van der Waals surface area contributed by atoms with Gasteiger partial charge in [-0.15, -0.1) is 0 Å². The molecular formula is C17H32N2. The molecular weight excluding hydrogens is 232 g/mol. The highest BCUT2D eigenvalue weighted by Crippen LogP contribution is 2.31. The average Bonchev–Trinajstić information content (AvgIpc) is 2.81. The lowest BCUT2D eigenvalue weighted by Gasteiger charge is -2.19. The van der Waals surface area contributed by atoms with Crippen molar-refractivity contribution in [1.82, 2.24) is 9.97 Å². The molecule has 1 atom stereocenters. The Morgan fingerprint density at radius 1 is 1.11 bits per heavy atom. The summed E-state index contributed by atoms with van der Waals surface area (Å²) in [4.78, 5) is 8.64. The lowest BCUT2D eigenvalue weighted by atomic mass is 9.89. The molecule has 0 spiro atoms. The van der Waals surface area contributed by atoms with Crippen LogP contribution in [0.2, 0.25) is 0 Å². The van der Waals surface area contributed by atoms with E-state index in [0.29, 0.717) is 5.92 Å². The summed E-state index contributed by atoms with van der Waals surface area (Å²) < 4.78 is 0. The number of imidazole rings is 1. The number of aromatic amines is 1. The molecule has 0 aliphatic carbocycles. The van der Waals surface area contributed by atoms with Crippen LogP contribution in [0.1, 0.15) is 96.8 Å². The fourth-order valence-electron chi connectivity index (χ4n) is 2.57. The van der Waals surface area contributed by atoms with Crippen molar-refractivity contribution in [2.24, 2.45) is 0 Å². The maximum atomic E-state index is 5.01. The van der Waals surface area contributed by atoms with Crippen molar-refractivity contribution in [2.75, 3.05) is 0 Å². The zero-order valence-electron chi connectivity index (χ0n) is 13.8. The summed E-state index contributed by atoms with van der Waals surface area (Å²) in [6, 6.07) is 0. The fraction of sp³-hybridized carbons (Fsp3) is 0.824. The molecule has 0 radical (unpaired) electrons. The number of hydrogen-bond acceptors (Lipinski definition) is 1. The van der Waals surface area contributed by atoms with E-state index >= 15 is 0 Å². The molecule has 1 unspecified atom stereocenters. The van der Waals surface area contributed by atoms with Crippen LogP contribution in [0, 0.1) is 0 Å². The van der Waals surface area contributed by atoms with Crippen molar-refractivity contribution in [1.29, 1.82) is 0 Å². The highest BCUT2D eigenvalue weighted by Gasteiger charge is 2.26. The summed E-state index contributed by atoms with van der Waals surface area (Å²) in [7, 11) is 0. The van der Waals surface area contributed by atoms with Gasteiger partial charge in [0.2, 0.25) is 0 Å². The lowest BCUT2D eigenvalue weighted by molar-refractivity contribution is 0.474. The van der Waals surface area contributed by atoms with Crippen LogP contribution in [-0.2, 0) is 11.8 Å². The van der Waals surface area contributed by atoms with Crippen LogP contribution < -0.4 is 0 Å². The van der Waals surface area contributed by atoms with Crippen LogP contribution in [0.5, 0.6) is 0 Å². The number of aryl methyl sites for hydroxylation is 1. The zero-order valence-corrected chi connectivity index (χ0v) is 13.8. The summed E-state index contributed by atoms with van der Waals surface area (Å²) in [6.07, 6.45) is 7.12. The topological polar surface area (TPSA) is 28.7 Å². The SMILES string of the molecule is CCCc1[nH]c(C(C)(C)CC)nc1C(CC)CCC. The number of H-pyrrole nitrogens is 1. The minimum atomic E-state index is 0.158. The van der Waals surface area contributed by atoms with Crippen LogP contribution in [0.4, 0.5) is 0 Å². The summed E-state index contributed by atoms with van der Waals surface area (Å²) in [5.74, 6) is 1.81. The van der Waals surface area contributed by atoms with E-state index in [9.17, 15) is 0 Å². The molecule has 1 aromatic heterocycles. The molecule has 1 aromatic rings. The van der Waals surface area contributed by atoms with Gasteiger partial charge in [-0.05, 0) is 25.7 Å². The third-order valence-corrected chi connectivity index (χ3v) is 4.35. The molecule has 0 aliphatic rings. The zero-order chi connectivity index (χ0) is 14.5. The van der Waals surface area contributed by atoms with E-state index in [1.165, 1.54) is 42.9 Å². The van der Waals surface area contributed by atoms with Gasteiger partial charge in [-0.25, -0.2) is 4.98 Å². The number of hydrogen-bond donors (Lipinski definition) is 1. The Morgan fingerprint density at radius 2 is 1.79 bits per heavy atom. The van der Waals surface area contributed by atoms with Crippen LogP contribution in [0.3, 0.4) is 0 Å². The Labute approximate surface area is 119 Å². The average molecular weight is 264 g/mol. The third kappa shape index (κ3) is 3.84. The minimum Gasteiger partial charge on any atom is -0.345 e. The molecule has 1 N–H and O–H groups in total. The summed E-state index contributed by atoms with van der Waals surface area (Å²) in [6.45, 7) is 13.6. The van der Waals surface area contributed by atoms with Crippen LogP contribution in [-0.4, -0.2) is 9.97 Å². The summed E-state index contributed by atoms with van der Waals surface area (Å²) in [5.41, 5.74) is 2.90. The first-order chi connectivity index (χ1) is 9.00. The molecule has 0 aliphatic heterocycles. The molecule has 0 saturated carbocycles. The largest absolute Gasteiger partial charge is 0.345 e. The van der Waals surface area contributed by atoms with E-state index in [1.807, 2.05) is 0 Å². The highest BCUT2D eigenvalue weighted by atomic mass is 15.0. The molecule has 1 rings (SSSR count). The standard InChI is InChI=1S/C17H32N2/c1-7-11-13(9-3)15-14(12-8-2)18-16(19-15)17(5,6)10-4/h13H,7-12H2,1-6H3,(H,18,19). The summed E-state index contributed by atoms with van der Waals surface area (Å²) >= 11 is 0. The second-order valence-corrected chi connectivity index (χ2v) is 6.33. The van der Waals surface area contributed by atoms with Crippen molar-refractivity contribution in [3.05, 3.63) is 17.2 Å². The molecule has 2 heteroatoms. The van der Waals surface area contributed by atoms with Gasteiger partial charge in [0.25, 0.3) is 0 Å². The van der Waals surface area contributed by atoms with Crippen molar-refractivity contribution in [2.45, 2.75) is 91.4 Å². The molecule has 0 bridgehead atoms. The molecule has 0 amide bonds. The lowest BCUT2D eigenvalue weighted by Crippen LogP contribution is -2.17. The normalized spacial score (nSPS) is 13.8. The number of rotatable bonds is 8.